The summed E-state index contributed by atoms with van der Waals surface area (Å²) in [5, 5.41) is 11.4. The van der Waals surface area contributed by atoms with Gasteiger partial charge in [-0.1, -0.05) is 0 Å². The highest BCUT2D eigenvalue weighted by Crippen LogP contribution is 2.24. The van der Waals surface area contributed by atoms with Crippen LogP contribution in [-0.2, 0) is 19.4 Å². The van der Waals surface area contributed by atoms with Crippen molar-refractivity contribution in [3.63, 3.8) is 0 Å². The minimum absolute atomic E-state index is 0.0185. The third kappa shape index (κ3) is 5.56. The van der Waals surface area contributed by atoms with Crippen LogP contribution in [0.2, 0.25) is 0 Å². The van der Waals surface area contributed by atoms with Crippen LogP contribution in [0.25, 0.3) is 0 Å². The number of sulfone groups is 1. The van der Waals surface area contributed by atoms with E-state index in [4.69, 9.17) is 10.8 Å². The van der Waals surface area contributed by atoms with Gasteiger partial charge in [0.2, 0.25) is 5.91 Å². The smallest absolute Gasteiger partial charge is 0.326 e. The molecule has 0 spiro atoms. The molecule has 7 nitrogen and oxygen atoms in total. The normalized spacial score (nSPS) is 24.9. The van der Waals surface area contributed by atoms with Crippen LogP contribution in [0.5, 0.6) is 0 Å². The topological polar surface area (TPSA) is 127 Å². The summed E-state index contributed by atoms with van der Waals surface area (Å²) >= 11 is 0. The van der Waals surface area contributed by atoms with Crippen molar-refractivity contribution in [2.75, 3.05) is 12.0 Å². The van der Waals surface area contributed by atoms with E-state index in [1.54, 1.807) is 0 Å². The van der Waals surface area contributed by atoms with Crippen molar-refractivity contribution in [2.24, 2.45) is 11.7 Å². The Bertz CT molecular complexity index is 448. The molecule has 1 aliphatic rings. The summed E-state index contributed by atoms with van der Waals surface area (Å²) in [4.78, 5) is 22.8. The number of amides is 1. The SMILES string of the molecule is CS(=O)(=O)CCC(NC(=O)C1CCC(N)C1)C(=O)O. The number of nitrogens with two attached hydrogens (primary N) is 1. The fourth-order valence-corrected chi connectivity index (χ4v) is 2.80. The number of hydrogen-bond donors (Lipinski definition) is 3. The lowest BCUT2D eigenvalue weighted by Gasteiger charge is -2.17. The molecule has 3 unspecified atom stereocenters. The van der Waals surface area contributed by atoms with Crippen LogP contribution in [0.1, 0.15) is 25.7 Å². The number of carbonyl (C=O) groups excluding carboxylic acids is 1. The van der Waals surface area contributed by atoms with Gasteiger partial charge in [0, 0.05) is 18.2 Å². The molecule has 110 valence electrons. The van der Waals surface area contributed by atoms with E-state index >= 15 is 0 Å². The minimum atomic E-state index is -3.25. The monoisotopic (exact) mass is 292 g/mol. The van der Waals surface area contributed by atoms with E-state index in [2.05, 4.69) is 5.32 Å². The Morgan fingerprint density at radius 2 is 2.05 bits per heavy atom. The highest BCUT2D eigenvalue weighted by Gasteiger charge is 2.30. The number of aliphatic carboxylic acids is 1. The van der Waals surface area contributed by atoms with E-state index in [0.29, 0.717) is 12.8 Å². The molecule has 8 heteroatoms. The average Bonchev–Trinajstić information content (AvgIpc) is 2.69. The predicted molar refractivity (Wildman–Crippen MR) is 69.2 cm³/mol. The first-order valence-electron chi connectivity index (χ1n) is 6.15. The molecule has 0 saturated heterocycles. The lowest BCUT2D eigenvalue weighted by molar-refractivity contribution is -0.142. The van der Waals surface area contributed by atoms with Crippen molar-refractivity contribution in [3.8, 4) is 0 Å². The Labute approximate surface area is 112 Å². The van der Waals surface area contributed by atoms with E-state index in [0.717, 1.165) is 12.7 Å². The zero-order valence-electron chi connectivity index (χ0n) is 10.8. The van der Waals surface area contributed by atoms with E-state index in [-0.39, 0.29) is 30.0 Å². The van der Waals surface area contributed by atoms with Gasteiger partial charge in [0.05, 0.1) is 5.75 Å². The molecule has 1 fully saturated rings. The van der Waals surface area contributed by atoms with Crippen LogP contribution in [0, 0.1) is 5.92 Å². The third-order valence-corrected chi connectivity index (χ3v) is 4.21. The third-order valence-electron chi connectivity index (χ3n) is 3.24. The van der Waals surface area contributed by atoms with Gasteiger partial charge in [-0.05, 0) is 25.7 Å². The van der Waals surface area contributed by atoms with E-state index < -0.39 is 21.8 Å². The fourth-order valence-electron chi connectivity index (χ4n) is 2.13. The Balaban J connectivity index is 2.54. The summed E-state index contributed by atoms with van der Waals surface area (Å²) in [5.41, 5.74) is 5.69. The second-order valence-corrected chi connectivity index (χ2v) is 7.35. The molecule has 0 heterocycles. The Morgan fingerprint density at radius 1 is 1.42 bits per heavy atom. The summed E-state index contributed by atoms with van der Waals surface area (Å²) in [5.74, 6) is -2.11. The quantitative estimate of drug-likeness (QED) is 0.583. The van der Waals surface area contributed by atoms with Gasteiger partial charge in [-0.15, -0.1) is 0 Å². The van der Waals surface area contributed by atoms with Crippen molar-refractivity contribution < 1.29 is 23.1 Å². The second-order valence-electron chi connectivity index (χ2n) is 5.09. The van der Waals surface area contributed by atoms with Gasteiger partial charge in [0.1, 0.15) is 15.9 Å². The molecule has 0 aromatic rings. The highest BCUT2D eigenvalue weighted by atomic mass is 32.2. The first-order chi connectivity index (χ1) is 8.69. The number of carboxylic acid groups (broad SMARTS) is 1. The zero-order chi connectivity index (χ0) is 14.6. The van der Waals surface area contributed by atoms with Gasteiger partial charge in [-0.2, -0.15) is 0 Å². The Kier molecular flexibility index (Phi) is 5.30. The van der Waals surface area contributed by atoms with Crippen LogP contribution in [-0.4, -0.2) is 49.5 Å². The maximum atomic E-state index is 11.9. The molecule has 0 radical (unpaired) electrons. The van der Waals surface area contributed by atoms with E-state index in [9.17, 15) is 18.0 Å². The van der Waals surface area contributed by atoms with Crippen LogP contribution in [0.15, 0.2) is 0 Å². The minimum Gasteiger partial charge on any atom is -0.480 e. The van der Waals surface area contributed by atoms with Gasteiger partial charge < -0.3 is 16.2 Å². The van der Waals surface area contributed by atoms with Gasteiger partial charge >= 0.3 is 5.97 Å². The van der Waals surface area contributed by atoms with E-state index in [1.807, 2.05) is 0 Å². The van der Waals surface area contributed by atoms with E-state index in [1.165, 1.54) is 0 Å². The molecular formula is C11H20N2O5S. The zero-order valence-corrected chi connectivity index (χ0v) is 11.6. The van der Waals surface area contributed by atoms with Gasteiger partial charge in [0.25, 0.3) is 0 Å². The molecule has 3 atom stereocenters. The Hall–Kier alpha value is -1.15. The number of nitrogens with one attached hydrogen (secondary N) is 1. The van der Waals surface area contributed by atoms with Crippen LogP contribution in [0.4, 0.5) is 0 Å². The number of carboxylic acids is 1. The van der Waals surface area contributed by atoms with Crippen LogP contribution >= 0.6 is 0 Å². The van der Waals surface area contributed by atoms with Crippen molar-refractivity contribution >= 4 is 21.7 Å². The molecule has 1 amide bonds. The van der Waals surface area contributed by atoms with Crippen molar-refractivity contribution in [3.05, 3.63) is 0 Å². The molecule has 1 rings (SSSR count). The largest absolute Gasteiger partial charge is 0.480 e. The average molecular weight is 292 g/mol. The number of rotatable bonds is 6. The Morgan fingerprint density at radius 3 is 2.47 bits per heavy atom. The second kappa shape index (κ2) is 6.33. The first-order valence-corrected chi connectivity index (χ1v) is 8.21. The molecular weight excluding hydrogens is 272 g/mol. The summed E-state index contributed by atoms with van der Waals surface area (Å²) in [6, 6.07) is -1.19. The lowest BCUT2D eigenvalue weighted by Crippen LogP contribution is -2.44. The molecule has 1 saturated carbocycles. The molecule has 0 aliphatic heterocycles. The van der Waals surface area contributed by atoms with Crippen molar-refractivity contribution in [1.29, 1.82) is 0 Å². The van der Waals surface area contributed by atoms with Crippen molar-refractivity contribution in [1.82, 2.24) is 5.32 Å². The molecule has 0 aromatic heterocycles. The predicted octanol–water partition coefficient (Wildman–Crippen LogP) is -0.882. The van der Waals surface area contributed by atoms with Crippen LogP contribution < -0.4 is 11.1 Å². The van der Waals surface area contributed by atoms with Crippen molar-refractivity contribution in [2.45, 2.75) is 37.8 Å². The standard InChI is InChI=1S/C11H20N2O5S/c1-19(17,18)5-4-9(11(15)16)13-10(14)7-2-3-8(12)6-7/h7-9H,2-6,12H2,1H3,(H,13,14)(H,15,16). The van der Waals surface area contributed by atoms with Crippen LogP contribution in [0.3, 0.4) is 0 Å². The first kappa shape index (κ1) is 15.9. The highest BCUT2D eigenvalue weighted by molar-refractivity contribution is 7.90. The summed E-state index contributed by atoms with van der Waals surface area (Å²) in [7, 11) is -3.25. The number of carbonyl (C=O) groups is 2. The fraction of sp³-hybridized carbons (Fsp3) is 0.818. The molecule has 1 aliphatic carbocycles. The summed E-state index contributed by atoms with van der Waals surface area (Å²) in [6.45, 7) is 0. The van der Waals surface area contributed by atoms with Gasteiger partial charge in [-0.25, -0.2) is 13.2 Å². The summed E-state index contributed by atoms with van der Waals surface area (Å²) < 4.78 is 22.0. The van der Waals surface area contributed by atoms with Gasteiger partial charge in [0.15, 0.2) is 0 Å². The maximum Gasteiger partial charge on any atom is 0.326 e. The molecule has 0 bridgehead atoms. The maximum absolute atomic E-state index is 11.9. The molecule has 19 heavy (non-hydrogen) atoms. The molecule has 4 N–H and O–H groups in total. The lowest BCUT2D eigenvalue weighted by atomic mass is 10.1. The van der Waals surface area contributed by atoms with Gasteiger partial charge in [-0.3, -0.25) is 4.79 Å². The number of hydrogen-bond acceptors (Lipinski definition) is 5. The molecule has 0 aromatic carbocycles. The summed E-state index contributed by atoms with van der Waals surface area (Å²) in [6.07, 6.45) is 2.84.